The molecule has 2 unspecified atom stereocenters. The Hall–Kier alpha value is -1.20. The number of halogens is 2. The van der Waals surface area contributed by atoms with Crippen LogP contribution in [-0.2, 0) is 0 Å². The first-order valence-corrected chi connectivity index (χ1v) is 7.59. The minimum atomic E-state index is -2.78. The standard InChI is InChI=1S/C16H24F2N2O/c1-3-20-8-7-13(11-20)10-19-12(2)14-5-4-6-15(9-14)21-16(17)18/h4-6,9,12-13,16,19H,3,7-8,10-11H2,1-2H3. The van der Waals surface area contributed by atoms with Crippen molar-refractivity contribution in [3.63, 3.8) is 0 Å². The van der Waals surface area contributed by atoms with E-state index < -0.39 is 6.61 Å². The molecular formula is C16H24F2N2O. The summed E-state index contributed by atoms with van der Waals surface area (Å²) in [7, 11) is 0. The normalized spacial score (nSPS) is 20.9. The number of hydrogen-bond acceptors (Lipinski definition) is 3. The Morgan fingerprint density at radius 3 is 2.90 bits per heavy atom. The van der Waals surface area contributed by atoms with E-state index in [-0.39, 0.29) is 11.8 Å². The summed E-state index contributed by atoms with van der Waals surface area (Å²) >= 11 is 0. The minimum Gasteiger partial charge on any atom is -0.435 e. The van der Waals surface area contributed by atoms with Gasteiger partial charge in [0.15, 0.2) is 0 Å². The Labute approximate surface area is 125 Å². The monoisotopic (exact) mass is 298 g/mol. The van der Waals surface area contributed by atoms with Crippen LogP contribution in [-0.4, -0.2) is 37.7 Å². The van der Waals surface area contributed by atoms with Crippen molar-refractivity contribution < 1.29 is 13.5 Å². The van der Waals surface area contributed by atoms with Crippen molar-refractivity contribution in [2.45, 2.75) is 32.9 Å². The number of ether oxygens (including phenoxy) is 1. The molecule has 0 amide bonds. The van der Waals surface area contributed by atoms with Crippen LogP contribution < -0.4 is 10.1 Å². The van der Waals surface area contributed by atoms with E-state index in [2.05, 4.69) is 21.9 Å². The second kappa shape index (κ2) is 7.71. The topological polar surface area (TPSA) is 24.5 Å². The van der Waals surface area contributed by atoms with Crippen LogP contribution in [0, 0.1) is 5.92 Å². The Balaban J connectivity index is 1.84. The molecule has 0 aromatic heterocycles. The molecule has 1 N–H and O–H groups in total. The highest BCUT2D eigenvalue weighted by Crippen LogP contribution is 2.22. The molecule has 1 heterocycles. The van der Waals surface area contributed by atoms with Crippen LogP contribution in [0.3, 0.4) is 0 Å². The van der Waals surface area contributed by atoms with Crippen LogP contribution in [0.25, 0.3) is 0 Å². The van der Waals surface area contributed by atoms with E-state index in [0.29, 0.717) is 5.92 Å². The Morgan fingerprint density at radius 2 is 2.24 bits per heavy atom. The molecule has 3 nitrogen and oxygen atoms in total. The third-order valence-corrected chi connectivity index (χ3v) is 4.11. The van der Waals surface area contributed by atoms with E-state index in [4.69, 9.17) is 0 Å². The van der Waals surface area contributed by atoms with Gasteiger partial charge in [0.25, 0.3) is 0 Å². The third-order valence-electron chi connectivity index (χ3n) is 4.11. The fourth-order valence-corrected chi connectivity index (χ4v) is 2.79. The highest BCUT2D eigenvalue weighted by atomic mass is 19.3. The molecule has 0 saturated carbocycles. The number of nitrogens with one attached hydrogen (secondary N) is 1. The molecule has 1 aliphatic rings. The van der Waals surface area contributed by atoms with Crippen molar-refractivity contribution in [2.24, 2.45) is 5.92 Å². The van der Waals surface area contributed by atoms with Crippen LogP contribution in [0.15, 0.2) is 24.3 Å². The molecule has 1 aliphatic heterocycles. The van der Waals surface area contributed by atoms with Gasteiger partial charge in [0.1, 0.15) is 5.75 Å². The van der Waals surface area contributed by atoms with Gasteiger partial charge in [0, 0.05) is 12.6 Å². The van der Waals surface area contributed by atoms with Gasteiger partial charge in [-0.3, -0.25) is 0 Å². The van der Waals surface area contributed by atoms with Crippen LogP contribution >= 0.6 is 0 Å². The molecule has 0 aliphatic carbocycles. The molecule has 1 aromatic carbocycles. The van der Waals surface area contributed by atoms with Gasteiger partial charge in [-0.05, 0) is 56.6 Å². The van der Waals surface area contributed by atoms with Gasteiger partial charge in [-0.15, -0.1) is 0 Å². The molecule has 2 rings (SSSR count). The second-order valence-electron chi connectivity index (χ2n) is 5.63. The summed E-state index contributed by atoms with van der Waals surface area (Å²) in [5.74, 6) is 0.891. The van der Waals surface area contributed by atoms with Crippen molar-refractivity contribution in [1.29, 1.82) is 0 Å². The number of benzene rings is 1. The molecule has 1 aromatic rings. The predicted octanol–water partition coefficient (Wildman–Crippen LogP) is 3.28. The lowest BCUT2D eigenvalue weighted by molar-refractivity contribution is -0.0499. The van der Waals surface area contributed by atoms with Crippen LogP contribution in [0.1, 0.15) is 31.9 Å². The van der Waals surface area contributed by atoms with E-state index in [1.807, 2.05) is 13.0 Å². The molecule has 1 saturated heterocycles. The van der Waals surface area contributed by atoms with Gasteiger partial charge in [-0.1, -0.05) is 19.1 Å². The van der Waals surface area contributed by atoms with E-state index >= 15 is 0 Å². The molecule has 1 fully saturated rings. The number of rotatable bonds is 7. The van der Waals surface area contributed by atoms with Gasteiger partial charge in [-0.25, -0.2) is 0 Å². The van der Waals surface area contributed by atoms with Gasteiger partial charge >= 0.3 is 6.61 Å². The maximum absolute atomic E-state index is 12.2. The van der Waals surface area contributed by atoms with E-state index in [1.165, 1.54) is 13.0 Å². The smallest absolute Gasteiger partial charge is 0.387 e. The summed E-state index contributed by atoms with van der Waals surface area (Å²) in [6.07, 6.45) is 1.22. The van der Waals surface area contributed by atoms with Crippen molar-refractivity contribution in [2.75, 3.05) is 26.2 Å². The SMILES string of the molecule is CCN1CCC(CNC(C)c2cccc(OC(F)F)c2)C1. The molecule has 5 heteroatoms. The lowest BCUT2D eigenvalue weighted by atomic mass is 10.1. The highest BCUT2D eigenvalue weighted by molar-refractivity contribution is 5.30. The Morgan fingerprint density at radius 1 is 1.43 bits per heavy atom. The zero-order chi connectivity index (χ0) is 15.2. The van der Waals surface area contributed by atoms with Crippen molar-refractivity contribution in [3.05, 3.63) is 29.8 Å². The molecule has 0 bridgehead atoms. The van der Waals surface area contributed by atoms with E-state index in [9.17, 15) is 8.78 Å². The maximum Gasteiger partial charge on any atom is 0.387 e. The molecule has 0 radical (unpaired) electrons. The van der Waals surface area contributed by atoms with Gasteiger partial charge in [0.2, 0.25) is 0 Å². The largest absolute Gasteiger partial charge is 0.435 e. The fourth-order valence-electron chi connectivity index (χ4n) is 2.79. The second-order valence-corrected chi connectivity index (χ2v) is 5.63. The average molecular weight is 298 g/mol. The molecule has 118 valence electrons. The Bertz CT molecular complexity index is 442. The highest BCUT2D eigenvalue weighted by Gasteiger charge is 2.21. The first-order valence-electron chi connectivity index (χ1n) is 7.59. The number of likely N-dealkylation sites (tertiary alicyclic amines) is 1. The number of hydrogen-bond donors (Lipinski definition) is 1. The van der Waals surface area contributed by atoms with Gasteiger partial charge in [0.05, 0.1) is 0 Å². The first kappa shape index (κ1) is 16.2. The maximum atomic E-state index is 12.2. The summed E-state index contributed by atoms with van der Waals surface area (Å²) in [6.45, 7) is 5.85. The third kappa shape index (κ3) is 4.93. The first-order chi connectivity index (χ1) is 10.1. The molecule has 21 heavy (non-hydrogen) atoms. The summed E-state index contributed by atoms with van der Waals surface area (Å²) in [6, 6.07) is 7.04. The fraction of sp³-hybridized carbons (Fsp3) is 0.625. The van der Waals surface area contributed by atoms with Gasteiger partial charge < -0.3 is 15.0 Å². The molecular weight excluding hydrogens is 274 g/mol. The summed E-state index contributed by atoms with van der Waals surface area (Å²) in [5, 5.41) is 3.50. The average Bonchev–Trinajstić information content (AvgIpc) is 2.92. The number of alkyl halides is 2. The van der Waals surface area contributed by atoms with Crippen LogP contribution in [0.4, 0.5) is 8.78 Å². The van der Waals surface area contributed by atoms with Crippen molar-refractivity contribution >= 4 is 0 Å². The molecule has 0 spiro atoms. The summed E-state index contributed by atoms with van der Waals surface area (Å²) in [4.78, 5) is 2.45. The number of nitrogens with zero attached hydrogens (tertiary/aromatic N) is 1. The summed E-state index contributed by atoms with van der Waals surface area (Å²) in [5.41, 5.74) is 0.971. The lowest BCUT2D eigenvalue weighted by Crippen LogP contribution is -2.28. The quantitative estimate of drug-likeness (QED) is 0.836. The van der Waals surface area contributed by atoms with Crippen molar-refractivity contribution in [3.8, 4) is 5.75 Å². The minimum absolute atomic E-state index is 0.127. The van der Waals surface area contributed by atoms with Crippen LogP contribution in [0.5, 0.6) is 5.75 Å². The zero-order valence-electron chi connectivity index (χ0n) is 12.7. The lowest BCUT2D eigenvalue weighted by Gasteiger charge is -2.19. The van der Waals surface area contributed by atoms with Crippen molar-refractivity contribution in [1.82, 2.24) is 10.2 Å². The van der Waals surface area contributed by atoms with Gasteiger partial charge in [-0.2, -0.15) is 8.78 Å². The zero-order valence-corrected chi connectivity index (χ0v) is 12.7. The van der Waals surface area contributed by atoms with E-state index in [1.54, 1.807) is 18.2 Å². The molecule has 2 atom stereocenters. The Kier molecular flexibility index (Phi) is 5.94. The summed E-state index contributed by atoms with van der Waals surface area (Å²) < 4.78 is 28.9. The van der Waals surface area contributed by atoms with E-state index in [0.717, 1.165) is 25.2 Å². The predicted molar refractivity (Wildman–Crippen MR) is 79.7 cm³/mol. The van der Waals surface area contributed by atoms with Crippen LogP contribution in [0.2, 0.25) is 0 Å².